The van der Waals surface area contributed by atoms with E-state index in [1.165, 1.54) is 17.1 Å². The lowest BCUT2D eigenvalue weighted by Crippen LogP contribution is -2.08. The Bertz CT molecular complexity index is 582. The van der Waals surface area contributed by atoms with Crippen LogP contribution >= 0.6 is 11.6 Å². The molecule has 2 aromatic rings. The van der Waals surface area contributed by atoms with Crippen molar-refractivity contribution < 1.29 is 9.53 Å². The first-order valence-electron chi connectivity index (χ1n) is 5.25. The van der Waals surface area contributed by atoms with E-state index in [2.05, 4.69) is 10.1 Å². The monoisotopic (exact) mass is 266 g/mol. The number of carbonyl (C=O) groups is 1. The van der Waals surface area contributed by atoms with Crippen LogP contribution in [0, 0.1) is 0 Å². The first kappa shape index (κ1) is 12.4. The van der Waals surface area contributed by atoms with Gasteiger partial charge in [0.25, 0.3) is 0 Å². The first-order chi connectivity index (χ1) is 8.63. The second-order valence-electron chi connectivity index (χ2n) is 3.43. The third-order valence-electron chi connectivity index (χ3n) is 2.21. The molecule has 0 saturated heterocycles. The minimum Gasteiger partial charge on any atom is -0.461 e. The third kappa shape index (κ3) is 2.28. The van der Waals surface area contributed by atoms with Crippen molar-refractivity contribution in [3.63, 3.8) is 0 Å². The quantitative estimate of drug-likeness (QED) is 0.855. The van der Waals surface area contributed by atoms with Crippen LogP contribution in [-0.2, 0) is 4.74 Å². The van der Waals surface area contributed by atoms with Gasteiger partial charge in [0.2, 0.25) is 0 Å². The Kier molecular flexibility index (Phi) is 3.47. The van der Waals surface area contributed by atoms with Crippen molar-refractivity contribution in [2.75, 3.05) is 12.3 Å². The summed E-state index contributed by atoms with van der Waals surface area (Å²) in [6, 6.07) is 1.67. The molecule has 94 valence electrons. The van der Waals surface area contributed by atoms with Crippen LogP contribution in [0.25, 0.3) is 5.69 Å². The summed E-state index contributed by atoms with van der Waals surface area (Å²) in [4.78, 5) is 15.4. The van der Waals surface area contributed by atoms with Crippen molar-refractivity contribution >= 4 is 23.3 Å². The molecule has 0 bridgehead atoms. The molecule has 0 atom stereocenters. The van der Waals surface area contributed by atoms with Crippen LogP contribution in [0.1, 0.15) is 17.4 Å². The summed E-state index contributed by atoms with van der Waals surface area (Å²) in [7, 11) is 0. The molecule has 0 fully saturated rings. The maximum atomic E-state index is 11.6. The lowest BCUT2D eigenvalue weighted by molar-refractivity contribution is 0.0520. The number of anilines is 1. The molecular weight excluding hydrogens is 256 g/mol. The van der Waals surface area contributed by atoms with Gasteiger partial charge in [-0.2, -0.15) is 5.10 Å². The number of nitrogens with zero attached hydrogens (tertiary/aromatic N) is 3. The van der Waals surface area contributed by atoms with E-state index in [0.717, 1.165) is 0 Å². The number of rotatable bonds is 3. The Morgan fingerprint density at radius 3 is 3.06 bits per heavy atom. The maximum Gasteiger partial charge on any atom is 0.361 e. The Morgan fingerprint density at radius 1 is 1.61 bits per heavy atom. The number of aromatic nitrogens is 3. The summed E-state index contributed by atoms with van der Waals surface area (Å²) in [6.07, 6.45) is 4.56. The van der Waals surface area contributed by atoms with Gasteiger partial charge in [-0.05, 0) is 13.0 Å². The molecule has 0 aromatic carbocycles. The number of esters is 1. The van der Waals surface area contributed by atoms with E-state index in [1.807, 2.05) is 0 Å². The number of pyridine rings is 1. The van der Waals surface area contributed by atoms with Gasteiger partial charge in [0, 0.05) is 12.4 Å². The predicted molar refractivity (Wildman–Crippen MR) is 66.7 cm³/mol. The largest absolute Gasteiger partial charge is 0.461 e. The molecule has 0 saturated carbocycles. The first-order valence-corrected chi connectivity index (χ1v) is 5.63. The van der Waals surface area contributed by atoms with E-state index in [9.17, 15) is 4.79 Å². The second-order valence-corrected chi connectivity index (χ2v) is 3.83. The van der Waals surface area contributed by atoms with Crippen molar-refractivity contribution in [1.29, 1.82) is 0 Å². The lowest BCUT2D eigenvalue weighted by Gasteiger charge is -2.02. The highest BCUT2D eigenvalue weighted by Gasteiger charge is 2.17. The fourth-order valence-corrected chi connectivity index (χ4v) is 1.63. The van der Waals surface area contributed by atoms with E-state index in [4.69, 9.17) is 22.1 Å². The molecule has 0 aliphatic heterocycles. The van der Waals surface area contributed by atoms with Crippen LogP contribution in [-0.4, -0.2) is 27.3 Å². The van der Waals surface area contributed by atoms with Crippen LogP contribution in [0.4, 0.5) is 5.69 Å². The van der Waals surface area contributed by atoms with E-state index < -0.39 is 5.97 Å². The van der Waals surface area contributed by atoms with Crippen molar-refractivity contribution in [3.8, 4) is 5.69 Å². The van der Waals surface area contributed by atoms with Gasteiger partial charge in [-0.1, -0.05) is 11.6 Å². The molecule has 2 heterocycles. The molecule has 6 nitrogen and oxygen atoms in total. The molecule has 2 N–H and O–H groups in total. The number of nitrogen functional groups attached to an aromatic ring is 1. The van der Waals surface area contributed by atoms with Gasteiger partial charge in [-0.3, -0.25) is 4.98 Å². The molecule has 0 unspecified atom stereocenters. The second kappa shape index (κ2) is 5.05. The topological polar surface area (TPSA) is 83.0 Å². The van der Waals surface area contributed by atoms with Crippen molar-refractivity contribution in [3.05, 3.63) is 35.4 Å². The highest BCUT2D eigenvalue weighted by atomic mass is 35.5. The number of ether oxygens (including phenoxy) is 1. The molecular formula is C11H11ClN4O2. The van der Waals surface area contributed by atoms with Crippen LogP contribution < -0.4 is 5.73 Å². The Labute approximate surface area is 108 Å². The maximum absolute atomic E-state index is 11.6. The Morgan fingerprint density at radius 2 is 2.39 bits per heavy atom. The van der Waals surface area contributed by atoms with Gasteiger partial charge in [0.05, 0.1) is 29.2 Å². The number of nitrogens with two attached hydrogens (primary N) is 1. The fourth-order valence-electron chi connectivity index (χ4n) is 1.42. The number of carbonyl (C=O) groups excluding carboxylic acids is 1. The average Bonchev–Trinajstić information content (AvgIpc) is 2.72. The van der Waals surface area contributed by atoms with Crippen molar-refractivity contribution in [2.24, 2.45) is 0 Å². The van der Waals surface area contributed by atoms with E-state index in [1.54, 1.807) is 19.2 Å². The standard InChI is InChI=1S/C11H11ClN4O2/c1-2-18-11(17)10-8(13)6-16(15-10)9-3-4-14-5-7(9)12/h3-6H,2,13H2,1H3. The summed E-state index contributed by atoms with van der Waals surface area (Å²) in [5.41, 5.74) is 6.62. The molecule has 2 aromatic heterocycles. The zero-order chi connectivity index (χ0) is 13.1. The zero-order valence-corrected chi connectivity index (χ0v) is 10.4. The number of hydrogen-bond acceptors (Lipinski definition) is 5. The minimum atomic E-state index is -0.557. The van der Waals surface area contributed by atoms with E-state index >= 15 is 0 Å². The predicted octanol–water partition coefficient (Wildman–Crippen LogP) is 1.68. The van der Waals surface area contributed by atoms with Crippen molar-refractivity contribution in [1.82, 2.24) is 14.8 Å². The Hall–Kier alpha value is -2.08. The normalized spacial score (nSPS) is 10.3. The molecule has 2 rings (SSSR count). The molecule has 0 aliphatic rings. The van der Waals surface area contributed by atoms with Crippen LogP contribution in [0.15, 0.2) is 24.7 Å². The SMILES string of the molecule is CCOC(=O)c1nn(-c2ccncc2Cl)cc1N. The number of halogens is 1. The van der Waals surface area contributed by atoms with Crippen LogP contribution in [0.3, 0.4) is 0 Å². The van der Waals surface area contributed by atoms with Crippen LogP contribution in [0.2, 0.25) is 5.02 Å². The molecule has 7 heteroatoms. The molecule has 0 amide bonds. The minimum absolute atomic E-state index is 0.0738. The highest BCUT2D eigenvalue weighted by Crippen LogP contribution is 2.20. The number of hydrogen-bond donors (Lipinski definition) is 1. The highest BCUT2D eigenvalue weighted by molar-refractivity contribution is 6.32. The van der Waals surface area contributed by atoms with Gasteiger partial charge in [-0.15, -0.1) is 0 Å². The van der Waals surface area contributed by atoms with E-state index in [0.29, 0.717) is 10.7 Å². The summed E-state index contributed by atoms with van der Waals surface area (Å²) < 4.78 is 6.27. The zero-order valence-electron chi connectivity index (χ0n) is 9.63. The molecule has 0 aliphatic carbocycles. The van der Waals surface area contributed by atoms with Gasteiger partial charge in [-0.25, -0.2) is 9.48 Å². The summed E-state index contributed by atoms with van der Waals surface area (Å²) in [6.45, 7) is 1.98. The molecule has 18 heavy (non-hydrogen) atoms. The van der Waals surface area contributed by atoms with Gasteiger partial charge >= 0.3 is 5.97 Å². The van der Waals surface area contributed by atoms with E-state index in [-0.39, 0.29) is 18.0 Å². The lowest BCUT2D eigenvalue weighted by atomic mass is 10.4. The van der Waals surface area contributed by atoms with Crippen LogP contribution in [0.5, 0.6) is 0 Å². The molecule has 0 radical (unpaired) electrons. The molecule has 0 spiro atoms. The fraction of sp³-hybridized carbons (Fsp3) is 0.182. The third-order valence-corrected chi connectivity index (χ3v) is 2.50. The average molecular weight is 267 g/mol. The van der Waals surface area contributed by atoms with Crippen molar-refractivity contribution in [2.45, 2.75) is 6.92 Å². The smallest absolute Gasteiger partial charge is 0.361 e. The van der Waals surface area contributed by atoms with Gasteiger partial charge in [0.15, 0.2) is 5.69 Å². The van der Waals surface area contributed by atoms with Gasteiger partial charge < -0.3 is 10.5 Å². The Balaban J connectivity index is 2.41. The summed E-state index contributed by atoms with van der Waals surface area (Å²) in [5.74, 6) is -0.557. The summed E-state index contributed by atoms with van der Waals surface area (Å²) >= 11 is 5.98. The summed E-state index contributed by atoms with van der Waals surface area (Å²) in [5, 5.41) is 4.48. The van der Waals surface area contributed by atoms with Gasteiger partial charge in [0.1, 0.15) is 0 Å².